The molecule has 0 heterocycles. The number of benzene rings is 2. The minimum Gasteiger partial charge on any atom is -0.351 e. The topological polar surface area (TPSA) is 58.2 Å². The Morgan fingerprint density at radius 2 is 1.76 bits per heavy atom. The van der Waals surface area contributed by atoms with E-state index in [9.17, 15) is 9.59 Å². The van der Waals surface area contributed by atoms with Crippen LogP contribution in [-0.4, -0.2) is 18.4 Å². The van der Waals surface area contributed by atoms with Crippen molar-refractivity contribution in [2.45, 2.75) is 32.6 Å². The van der Waals surface area contributed by atoms with E-state index in [4.69, 9.17) is 11.6 Å². The molecule has 0 spiro atoms. The lowest BCUT2D eigenvalue weighted by atomic mass is 9.99. The van der Waals surface area contributed by atoms with E-state index in [1.54, 1.807) is 24.3 Å². The van der Waals surface area contributed by atoms with Gasteiger partial charge in [0.1, 0.15) is 0 Å². The van der Waals surface area contributed by atoms with Crippen LogP contribution in [0, 0.1) is 0 Å². The molecule has 0 saturated carbocycles. The Bertz CT molecular complexity index is 729. The molecule has 2 aromatic rings. The molecule has 0 fully saturated rings. The molecule has 0 radical (unpaired) electrons. The molecule has 132 valence electrons. The molecule has 2 aromatic carbocycles. The van der Waals surface area contributed by atoms with Gasteiger partial charge in [-0.3, -0.25) is 9.59 Å². The Morgan fingerprint density at radius 3 is 2.40 bits per heavy atom. The van der Waals surface area contributed by atoms with Crippen molar-refractivity contribution in [3.63, 3.8) is 0 Å². The van der Waals surface area contributed by atoms with Crippen molar-refractivity contribution < 1.29 is 9.59 Å². The molecule has 0 bridgehead atoms. The van der Waals surface area contributed by atoms with Crippen molar-refractivity contribution in [3.8, 4) is 0 Å². The first-order valence-electron chi connectivity index (χ1n) is 8.43. The van der Waals surface area contributed by atoms with Crippen LogP contribution in [0.5, 0.6) is 0 Å². The van der Waals surface area contributed by atoms with Gasteiger partial charge in [0.2, 0.25) is 5.91 Å². The van der Waals surface area contributed by atoms with E-state index in [0.29, 0.717) is 16.5 Å². The van der Waals surface area contributed by atoms with Gasteiger partial charge < -0.3 is 10.6 Å². The lowest BCUT2D eigenvalue weighted by Crippen LogP contribution is -2.27. The van der Waals surface area contributed by atoms with Crippen molar-refractivity contribution in [3.05, 3.63) is 64.7 Å². The molecule has 25 heavy (non-hydrogen) atoms. The summed E-state index contributed by atoms with van der Waals surface area (Å²) in [5.74, 6) is 0.0804. The third-order valence-corrected chi connectivity index (χ3v) is 4.46. The van der Waals surface area contributed by atoms with Crippen LogP contribution in [0.25, 0.3) is 0 Å². The van der Waals surface area contributed by atoms with Crippen LogP contribution < -0.4 is 10.6 Å². The summed E-state index contributed by atoms with van der Waals surface area (Å²) in [5.41, 5.74) is 2.42. The Balaban J connectivity index is 1.79. The molecule has 0 aliphatic heterocycles. The fourth-order valence-corrected chi connectivity index (χ4v) is 2.61. The second-order valence-electron chi connectivity index (χ2n) is 5.97. The van der Waals surface area contributed by atoms with E-state index < -0.39 is 0 Å². The molecule has 0 saturated heterocycles. The lowest BCUT2D eigenvalue weighted by Gasteiger charge is -2.11. The van der Waals surface area contributed by atoms with Crippen molar-refractivity contribution in [2.24, 2.45) is 0 Å². The minimum atomic E-state index is -0.281. The van der Waals surface area contributed by atoms with Gasteiger partial charge >= 0.3 is 0 Å². The molecule has 2 rings (SSSR count). The first kappa shape index (κ1) is 19.0. The van der Waals surface area contributed by atoms with Crippen molar-refractivity contribution in [2.75, 3.05) is 11.9 Å². The maximum absolute atomic E-state index is 12.0. The summed E-state index contributed by atoms with van der Waals surface area (Å²) in [6, 6.07) is 14.7. The van der Waals surface area contributed by atoms with Gasteiger partial charge in [0.05, 0.1) is 10.6 Å². The number of carbonyl (C=O) groups is 2. The Hall–Kier alpha value is -2.33. The summed E-state index contributed by atoms with van der Waals surface area (Å²) in [5, 5.41) is 5.93. The van der Waals surface area contributed by atoms with Crippen molar-refractivity contribution in [1.82, 2.24) is 5.32 Å². The van der Waals surface area contributed by atoms with Crippen LogP contribution in [0.4, 0.5) is 5.69 Å². The molecule has 1 atom stereocenters. The number of hydrogen-bond donors (Lipinski definition) is 2. The molecular weight excluding hydrogens is 336 g/mol. The molecule has 4 nitrogen and oxygen atoms in total. The zero-order chi connectivity index (χ0) is 18.2. The number of carbonyl (C=O) groups excluding carboxylic acids is 2. The highest BCUT2D eigenvalue weighted by Gasteiger charge is 2.10. The standard InChI is InChI=1S/C20H23ClN2O2/c1-3-14(2)15-8-10-16(11-9-15)23-19(24)12-13-22-20(25)17-6-4-5-7-18(17)21/h4-11,14H,3,12-13H2,1-2H3,(H,22,25)(H,23,24)/t14-/m1/s1. The first-order chi connectivity index (χ1) is 12.0. The second kappa shape index (κ2) is 9.23. The molecule has 0 aliphatic rings. The summed E-state index contributed by atoms with van der Waals surface area (Å²) in [6.07, 6.45) is 1.28. The Kier molecular flexibility index (Phi) is 7.02. The van der Waals surface area contributed by atoms with Gasteiger partial charge in [0.15, 0.2) is 0 Å². The maximum atomic E-state index is 12.0. The van der Waals surface area contributed by atoms with Gasteiger partial charge in [0.25, 0.3) is 5.91 Å². The first-order valence-corrected chi connectivity index (χ1v) is 8.81. The summed E-state index contributed by atoms with van der Waals surface area (Å²) in [4.78, 5) is 24.0. The molecule has 2 N–H and O–H groups in total. The Morgan fingerprint density at radius 1 is 1.08 bits per heavy atom. The van der Waals surface area contributed by atoms with Gasteiger partial charge in [-0.05, 0) is 42.2 Å². The van der Waals surface area contributed by atoms with Gasteiger partial charge in [-0.25, -0.2) is 0 Å². The zero-order valence-electron chi connectivity index (χ0n) is 14.5. The Labute approximate surface area is 153 Å². The van der Waals surface area contributed by atoms with E-state index >= 15 is 0 Å². The van der Waals surface area contributed by atoms with E-state index in [1.807, 2.05) is 24.3 Å². The number of rotatable bonds is 7. The van der Waals surface area contributed by atoms with E-state index in [0.717, 1.165) is 12.1 Å². The second-order valence-corrected chi connectivity index (χ2v) is 6.37. The smallest absolute Gasteiger partial charge is 0.252 e. The largest absolute Gasteiger partial charge is 0.351 e. The fraction of sp³-hybridized carbons (Fsp3) is 0.300. The number of anilines is 1. The average Bonchev–Trinajstić information content (AvgIpc) is 2.62. The van der Waals surface area contributed by atoms with Crippen LogP contribution in [0.3, 0.4) is 0 Å². The monoisotopic (exact) mass is 358 g/mol. The SMILES string of the molecule is CC[C@@H](C)c1ccc(NC(=O)CCNC(=O)c2ccccc2Cl)cc1. The average molecular weight is 359 g/mol. The highest BCUT2D eigenvalue weighted by Crippen LogP contribution is 2.20. The molecule has 2 amide bonds. The lowest BCUT2D eigenvalue weighted by molar-refractivity contribution is -0.116. The highest BCUT2D eigenvalue weighted by molar-refractivity contribution is 6.33. The van der Waals surface area contributed by atoms with Gasteiger partial charge in [-0.2, -0.15) is 0 Å². The van der Waals surface area contributed by atoms with Crippen LogP contribution in [0.1, 0.15) is 48.5 Å². The predicted molar refractivity (Wildman–Crippen MR) is 102 cm³/mol. The van der Waals surface area contributed by atoms with E-state index in [1.165, 1.54) is 5.56 Å². The van der Waals surface area contributed by atoms with Gasteiger partial charge in [0, 0.05) is 18.7 Å². The van der Waals surface area contributed by atoms with Gasteiger partial charge in [-0.1, -0.05) is 49.7 Å². The summed E-state index contributed by atoms with van der Waals surface area (Å²) in [7, 11) is 0. The molecule has 0 aromatic heterocycles. The third kappa shape index (κ3) is 5.61. The summed E-state index contributed by atoms with van der Waals surface area (Å²) < 4.78 is 0. The number of nitrogens with one attached hydrogen (secondary N) is 2. The minimum absolute atomic E-state index is 0.143. The van der Waals surface area contributed by atoms with Crippen LogP contribution in [-0.2, 0) is 4.79 Å². The van der Waals surface area contributed by atoms with E-state index in [2.05, 4.69) is 24.5 Å². The molecule has 0 unspecified atom stereocenters. The molecule has 5 heteroatoms. The highest BCUT2D eigenvalue weighted by atomic mass is 35.5. The van der Waals surface area contributed by atoms with Crippen LogP contribution in [0.2, 0.25) is 5.02 Å². The normalized spacial score (nSPS) is 11.6. The van der Waals surface area contributed by atoms with E-state index in [-0.39, 0.29) is 24.8 Å². The van der Waals surface area contributed by atoms with Crippen molar-refractivity contribution >= 4 is 29.1 Å². The fourth-order valence-electron chi connectivity index (χ4n) is 2.38. The quantitative estimate of drug-likeness (QED) is 0.759. The zero-order valence-corrected chi connectivity index (χ0v) is 15.3. The number of halogens is 1. The number of amides is 2. The predicted octanol–water partition coefficient (Wildman–Crippen LogP) is 4.61. The summed E-state index contributed by atoms with van der Waals surface area (Å²) >= 11 is 5.97. The molecular formula is C20H23ClN2O2. The van der Waals surface area contributed by atoms with Crippen molar-refractivity contribution in [1.29, 1.82) is 0 Å². The van der Waals surface area contributed by atoms with Gasteiger partial charge in [-0.15, -0.1) is 0 Å². The summed E-state index contributed by atoms with van der Waals surface area (Å²) in [6.45, 7) is 4.58. The molecule has 0 aliphatic carbocycles. The number of hydrogen-bond acceptors (Lipinski definition) is 2. The van der Waals surface area contributed by atoms with Crippen LogP contribution >= 0.6 is 11.6 Å². The van der Waals surface area contributed by atoms with Crippen LogP contribution in [0.15, 0.2) is 48.5 Å². The third-order valence-electron chi connectivity index (χ3n) is 4.13. The maximum Gasteiger partial charge on any atom is 0.252 e.